The summed E-state index contributed by atoms with van der Waals surface area (Å²) in [5.41, 5.74) is 1.77. The molecule has 2 aliphatic rings. The molecule has 1 atom stereocenters. The number of aromatic nitrogens is 2. The Kier molecular flexibility index (Phi) is 5.79. The quantitative estimate of drug-likeness (QED) is 0.724. The van der Waals surface area contributed by atoms with Crippen LogP contribution in [0.1, 0.15) is 71.6 Å². The molecule has 2 aromatic rings. The van der Waals surface area contributed by atoms with Crippen LogP contribution in [0.4, 0.5) is 5.69 Å². The first-order valence-corrected chi connectivity index (χ1v) is 11.2. The number of aryl methyl sites for hydroxylation is 2. The minimum atomic E-state index is -1.20. The number of carbonyl (C=O) groups is 3. The molecule has 0 bridgehead atoms. The third-order valence-electron chi connectivity index (χ3n) is 6.28. The molecule has 0 saturated heterocycles. The second kappa shape index (κ2) is 8.41. The van der Waals surface area contributed by atoms with Crippen LogP contribution < -0.4 is 10.2 Å². The van der Waals surface area contributed by atoms with E-state index in [1.54, 1.807) is 18.7 Å². The van der Waals surface area contributed by atoms with E-state index in [1.807, 2.05) is 32.0 Å². The number of nitrogens with one attached hydrogen (secondary N) is 1. The molecule has 2 heterocycles. The highest BCUT2D eigenvalue weighted by Gasteiger charge is 2.49. The van der Waals surface area contributed by atoms with E-state index in [0.717, 1.165) is 36.8 Å². The lowest BCUT2D eigenvalue weighted by Gasteiger charge is -2.43. The van der Waals surface area contributed by atoms with Gasteiger partial charge in [0.25, 0.3) is 5.91 Å². The van der Waals surface area contributed by atoms with Gasteiger partial charge in [0.1, 0.15) is 11.2 Å². The molecule has 1 saturated carbocycles. The molecule has 170 valence electrons. The molecule has 32 heavy (non-hydrogen) atoms. The van der Waals surface area contributed by atoms with Crippen LogP contribution in [0, 0.1) is 13.8 Å². The van der Waals surface area contributed by atoms with Crippen LogP contribution >= 0.6 is 0 Å². The van der Waals surface area contributed by atoms with Crippen LogP contribution in [0.15, 0.2) is 24.3 Å². The van der Waals surface area contributed by atoms with Gasteiger partial charge < -0.3 is 10.1 Å². The number of rotatable bonds is 5. The van der Waals surface area contributed by atoms with E-state index in [9.17, 15) is 14.4 Å². The Hall–Kier alpha value is -3.16. The molecule has 1 fully saturated rings. The van der Waals surface area contributed by atoms with Crippen LogP contribution in [0.2, 0.25) is 0 Å². The van der Waals surface area contributed by atoms with Gasteiger partial charge in [0.05, 0.1) is 13.2 Å². The molecule has 0 radical (unpaired) electrons. The maximum atomic E-state index is 13.7. The highest BCUT2D eigenvalue weighted by atomic mass is 16.5. The average molecular weight is 439 g/mol. The molecule has 0 spiro atoms. The van der Waals surface area contributed by atoms with Crippen molar-refractivity contribution in [2.45, 2.75) is 71.5 Å². The lowest BCUT2D eigenvalue weighted by molar-refractivity contribution is -0.127. The van der Waals surface area contributed by atoms with Crippen LogP contribution in [-0.4, -0.2) is 45.8 Å². The molecule has 1 aromatic carbocycles. The van der Waals surface area contributed by atoms with E-state index >= 15 is 0 Å². The molecule has 1 aromatic heterocycles. The van der Waals surface area contributed by atoms with Crippen LogP contribution in [-0.2, 0) is 16.1 Å². The van der Waals surface area contributed by atoms with Crippen molar-refractivity contribution < 1.29 is 19.1 Å². The molecule has 0 unspecified atom stereocenters. The summed E-state index contributed by atoms with van der Waals surface area (Å²) in [6, 6.07) is 7.40. The van der Waals surface area contributed by atoms with Gasteiger partial charge in [0, 0.05) is 17.8 Å². The normalized spacial score (nSPS) is 20.9. The lowest BCUT2D eigenvalue weighted by Crippen LogP contribution is -2.65. The largest absolute Gasteiger partial charge is 0.461 e. The second-order valence-electron chi connectivity index (χ2n) is 9.01. The van der Waals surface area contributed by atoms with E-state index in [-0.39, 0.29) is 42.4 Å². The van der Waals surface area contributed by atoms with E-state index in [2.05, 4.69) is 10.4 Å². The van der Waals surface area contributed by atoms with Gasteiger partial charge >= 0.3 is 5.97 Å². The van der Waals surface area contributed by atoms with Crippen LogP contribution in [0.3, 0.4) is 0 Å². The second-order valence-corrected chi connectivity index (χ2v) is 9.01. The van der Waals surface area contributed by atoms with E-state index < -0.39 is 11.5 Å². The number of carbonyl (C=O) groups excluding carboxylic acids is 3. The summed E-state index contributed by atoms with van der Waals surface area (Å²) in [6.45, 7) is 7.75. The van der Waals surface area contributed by atoms with Gasteiger partial charge in [-0.15, -0.1) is 0 Å². The molecule has 8 nitrogen and oxygen atoms in total. The summed E-state index contributed by atoms with van der Waals surface area (Å²) in [4.78, 5) is 41.1. The Balaban J connectivity index is 1.79. The summed E-state index contributed by atoms with van der Waals surface area (Å²) in [5, 5.41) is 7.46. The first-order chi connectivity index (χ1) is 15.2. The smallest absolute Gasteiger partial charge is 0.358 e. The number of anilines is 1. The molecular formula is C24H30N4O4. The third kappa shape index (κ3) is 3.89. The van der Waals surface area contributed by atoms with Crippen molar-refractivity contribution in [3.63, 3.8) is 0 Å². The number of hydrogen-bond donors (Lipinski definition) is 1. The standard InChI is InChI=1S/C24H30N4O4/c1-5-32-22(30)19-13-20-21(29)28(18-11-15(2)10-16(3)12-18)24(4,14-27(20)26-19)23(31)25-17-8-6-7-9-17/h10-13,17H,5-9,14H2,1-4H3,(H,25,31)/t24-/m0/s1. The molecule has 2 amide bonds. The number of fused-ring (bicyclic) bond motifs is 1. The SMILES string of the molecule is CCOC(=O)c1cc2n(n1)C[C@@](C)(C(=O)NC1CCCC1)N(c1cc(C)cc(C)c1)C2=O. The van der Waals surface area contributed by atoms with Gasteiger partial charge in [0.2, 0.25) is 5.91 Å². The van der Waals surface area contributed by atoms with Crippen molar-refractivity contribution in [3.8, 4) is 0 Å². The molecule has 1 N–H and O–H groups in total. The van der Waals surface area contributed by atoms with Gasteiger partial charge in [0.15, 0.2) is 5.69 Å². The van der Waals surface area contributed by atoms with Crippen molar-refractivity contribution >= 4 is 23.5 Å². The van der Waals surface area contributed by atoms with Crippen molar-refractivity contribution in [1.82, 2.24) is 15.1 Å². The van der Waals surface area contributed by atoms with Gasteiger partial charge in [-0.2, -0.15) is 5.10 Å². The van der Waals surface area contributed by atoms with Crippen molar-refractivity contribution in [2.24, 2.45) is 0 Å². The first kappa shape index (κ1) is 22.0. The van der Waals surface area contributed by atoms with E-state index in [4.69, 9.17) is 4.74 Å². The number of ether oxygens (including phenoxy) is 1. The summed E-state index contributed by atoms with van der Waals surface area (Å²) in [7, 11) is 0. The summed E-state index contributed by atoms with van der Waals surface area (Å²) >= 11 is 0. The zero-order valence-electron chi connectivity index (χ0n) is 19.1. The van der Waals surface area contributed by atoms with Crippen molar-refractivity contribution in [1.29, 1.82) is 0 Å². The summed E-state index contributed by atoms with van der Waals surface area (Å²) in [6.07, 6.45) is 4.07. The predicted molar refractivity (Wildman–Crippen MR) is 120 cm³/mol. The fraction of sp³-hybridized carbons (Fsp3) is 0.500. The molecule has 1 aliphatic carbocycles. The zero-order chi connectivity index (χ0) is 23.0. The molecule has 1 aliphatic heterocycles. The predicted octanol–water partition coefficient (Wildman–Crippen LogP) is 3.15. The monoisotopic (exact) mass is 438 g/mol. The molecule has 4 rings (SSSR count). The van der Waals surface area contributed by atoms with Crippen molar-refractivity contribution in [3.05, 3.63) is 46.8 Å². The van der Waals surface area contributed by atoms with E-state index in [0.29, 0.717) is 5.69 Å². The Morgan fingerprint density at radius 3 is 2.44 bits per heavy atom. The van der Waals surface area contributed by atoms with Gasteiger partial charge in [-0.25, -0.2) is 4.79 Å². The fourth-order valence-corrected chi connectivity index (χ4v) is 4.78. The fourth-order valence-electron chi connectivity index (χ4n) is 4.78. The number of amides is 2. The minimum Gasteiger partial charge on any atom is -0.461 e. The summed E-state index contributed by atoms with van der Waals surface area (Å²) < 4.78 is 6.51. The highest BCUT2D eigenvalue weighted by Crippen LogP contribution is 2.34. The first-order valence-electron chi connectivity index (χ1n) is 11.2. The van der Waals surface area contributed by atoms with Crippen molar-refractivity contribution in [2.75, 3.05) is 11.5 Å². The average Bonchev–Trinajstić information content (AvgIpc) is 3.37. The Bertz CT molecular complexity index is 1050. The lowest BCUT2D eigenvalue weighted by atomic mass is 9.93. The highest BCUT2D eigenvalue weighted by molar-refractivity contribution is 6.12. The number of benzene rings is 1. The van der Waals surface area contributed by atoms with Crippen LogP contribution in [0.5, 0.6) is 0 Å². The maximum Gasteiger partial charge on any atom is 0.358 e. The van der Waals surface area contributed by atoms with Gasteiger partial charge in [-0.1, -0.05) is 18.9 Å². The Morgan fingerprint density at radius 2 is 1.81 bits per heavy atom. The van der Waals surface area contributed by atoms with Gasteiger partial charge in [-0.05, 0) is 63.8 Å². The molecular weight excluding hydrogens is 408 g/mol. The Morgan fingerprint density at radius 1 is 1.16 bits per heavy atom. The number of esters is 1. The topological polar surface area (TPSA) is 93.5 Å². The maximum absolute atomic E-state index is 13.7. The van der Waals surface area contributed by atoms with E-state index in [1.165, 1.54) is 10.7 Å². The molecule has 8 heteroatoms. The third-order valence-corrected chi connectivity index (χ3v) is 6.28. The Labute approximate surface area is 187 Å². The number of nitrogens with zero attached hydrogens (tertiary/aromatic N) is 3. The minimum absolute atomic E-state index is 0.0658. The zero-order valence-corrected chi connectivity index (χ0v) is 19.1. The summed E-state index contributed by atoms with van der Waals surface area (Å²) in [5.74, 6) is -1.17. The van der Waals surface area contributed by atoms with Crippen LogP contribution in [0.25, 0.3) is 0 Å². The number of hydrogen-bond acceptors (Lipinski definition) is 5. The van der Waals surface area contributed by atoms with Gasteiger partial charge in [-0.3, -0.25) is 19.2 Å².